The van der Waals surface area contributed by atoms with E-state index < -0.39 is 23.1 Å². The van der Waals surface area contributed by atoms with Crippen molar-refractivity contribution in [3.05, 3.63) is 69.8 Å². The van der Waals surface area contributed by atoms with Crippen LogP contribution in [0.1, 0.15) is 35.3 Å². The quantitative estimate of drug-likeness (QED) is 0.490. The Labute approximate surface area is 154 Å². The number of alkyl halides is 3. The number of hydrogen-bond acceptors (Lipinski definition) is 2. The molecule has 2 nitrogen and oxygen atoms in total. The first kappa shape index (κ1) is 18.5. The predicted molar refractivity (Wildman–Crippen MR) is 94.7 cm³/mol. The predicted octanol–water partition coefficient (Wildman–Crippen LogP) is 5.88. The molecule has 0 saturated carbocycles. The van der Waals surface area contributed by atoms with Gasteiger partial charge in [-0.05, 0) is 55.3 Å². The van der Waals surface area contributed by atoms with Gasteiger partial charge in [-0.1, -0.05) is 29.8 Å². The number of fused-ring (bicyclic) bond motifs is 1. The molecule has 1 aliphatic heterocycles. The minimum Gasteiger partial charge on any atom is -0.487 e. The van der Waals surface area contributed by atoms with Crippen LogP contribution >= 0.6 is 11.6 Å². The van der Waals surface area contributed by atoms with Gasteiger partial charge in [0.15, 0.2) is 5.78 Å². The molecule has 0 spiro atoms. The number of Topliss-reactive ketones (excluding diaryl/α,β-unsaturated/α-hetero) is 1. The first-order valence-corrected chi connectivity index (χ1v) is 8.35. The van der Waals surface area contributed by atoms with Gasteiger partial charge in [-0.2, -0.15) is 13.2 Å². The number of carbonyl (C=O) groups excluding carboxylic acids is 1. The molecule has 6 heteroatoms. The van der Waals surface area contributed by atoms with Gasteiger partial charge in [-0.3, -0.25) is 4.79 Å². The van der Waals surface area contributed by atoms with Crippen LogP contribution in [0, 0.1) is 0 Å². The summed E-state index contributed by atoms with van der Waals surface area (Å²) in [6, 6.07) is 10.4. The Morgan fingerprint density at radius 1 is 1.19 bits per heavy atom. The van der Waals surface area contributed by atoms with E-state index >= 15 is 0 Å². The summed E-state index contributed by atoms with van der Waals surface area (Å²) in [5.74, 6) is -0.500. The Hall–Kier alpha value is -2.27. The number of benzene rings is 2. The highest BCUT2D eigenvalue weighted by atomic mass is 35.5. The van der Waals surface area contributed by atoms with Crippen LogP contribution < -0.4 is 4.74 Å². The topological polar surface area (TPSA) is 26.3 Å². The van der Waals surface area contributed by atoms with Crippen LogP contribution in [0.5, 0.6) is 5.75 Å². The maximum atomic E-state index is 13.5. The maximum Gasteiger partial charge on any atom is 0.420 e. The van der Waals surface area contributed by atoms with Crippen LogP contribution in [0.15, 0.2) is 48.0 Å². The van der Waals surface area contributed by atoms with E-state index in [1.807, 2.05) is 13.8 Å². The summed E-state index contributed by atoms with van der Waals surface area (Å²) in [5, 5.41) is 0.145. The number of halogens is 4. The van der Waals surface area contributed by atoms with E-state index in [0.29, 0.717) is 12.2 Å². The molecule has 0 amide bonds. The molecule has 26 heavy (non-hydrogen) atoms. The lowest BCUT2D eigenvalue weighted by Crippen LogP contribution is -2.24. The molecule has 1 heterocycles. The number of ether oxygens (including phenoxy) is 1. The van der Waals surface area contributed by atoms with Gasteiger partial charge in [0.05, 0.1) is 0 Å². The second-order valence-electron chi connectivity index (χ2n) is 6.77. The zero-order valence-corrected chi connectivity index (χ0v) is 14.9. The third-order valence-electron chi connectivity index (χ3n) is 4.08. The second kappa shape index (κ2) is 6.47. The van der Waals surface area contributed by atoms with E-state index in [0.717, 1.165) is 11.6 Å². The largest absolute Gasteiger partial charge is 0.487 e. The summed E-state index contributed by atoms with van der Waals surface area (Å²) in [6.45, 7) is 3.76. The van der Waals surface area contributed by atoms with Gasteiger partial charge in [0, 0.05) is 17.0 Å². The molecular weight excluding hydrogens is 365 g/mol. The number of hydrogen-bond donors (Lipinski definition) is 0. The van der Waals surface area contributed by atoms with Gasteiger partial charge in [0.25, 0.3) is 0 Å². The standard InChI is InChI=1S/C20H16ClF3O2/c1-19(2)11-14-9-13(7-8-17(14)26-19)18(25)15(20(22,23)24)10-12-5-3-4-6-16(12)21/h3-10H,11H2,1-2H3. The van der Waals surface area contributed by atoms with Crippen molar-refractivity contribution in [2.75, 3.05) is 0 Å². The molecule has 3 rings (SSSR count). The maximum absolute atomic E-state index is 13.5. The molecule has 0 atom stereocenters. The van der Waals surface area contributed by atoms with Gasteiger partial charge < -0.3 is 4.74 Å². The van der Waals surface area contributed by atoms with E-state index in [4.69, 9.17) is 16.3 Å². The molecular formula is C20H16ClF3O2. The summed E-state index contributed by atoms with van der Waals surface area (Å²) in [7, 11) is 0. The Kier molecular flexibility index (Phi) is 4.61. The third-order valence-corrected chi connectivity index (χ3v) is 4.42. The fraction of sp³-hybridized carbons (Fsp3) is 0.250. The van der Waals surface area contributed by atoms with Crippen molar-refractivity contribution >= 4 is 23.5 Å². The molecule has 0 radical (unpaired) electrons. The van der Waals surface area contributed by atoms with E-state index in [1.165, 1.54) is 24.3 Å². The third kappa shape index (κ3) is 3.78. The molecule has 0 bridgehead atoms. The van der Waals surface area contributed by atoms with Crippen molar-refractivity contribution in [1.29, 1.82) is 0 Å². The first-order chi connectivity index (χ1) is 12.1. The van der Waals surface area contributed by atoms with Gasteiger partial charge >= 0.3 is 6.18 Å². The lowest BCUT2D eigenvalue weighted by molar-refractivity contribution is -0.0878. The van der Waals surface area contributed by atoms with Crippen LogP contribution in [0.4, 0.5) is 13.2 Å². The Bertz CT molecular complexity index is 898. The number of ketones is 1. The fourth-order valence-corrected chi connectivity index (χ4v) is 3.12. The van der Waals surface area contributed by atoms with Crippen LogP contribution in [0.3, 0.4) is 0 Å². The molecule has 0 unspecified atom stereocenters. The smallest absolute Gasteiger partial charge is 0.420 e. The van der Waals surface area contributed by atoms with Crippen LogP contribution in [-0.4, -0.2) is 17.6 Å². The lowest BCUT2D eigenvalue weighted by Gasteiger charge is -2.16. The highest BCUT2D eigenvalue weighted by molar-refractivity contribution is 6.32. The fourth-order valence-electron chi connectivity index (χ4n) is 2.93. The van der Waals surface area contributed by atoms with Crippen molar-refractivity contribution in [1.82, 2.24) is 0 Å². The van der Waals surface area contributed by atoms with Gasteiger partial charge in [0.1, 0.15) is 16.9 Å². The zero-order chi connectivity index (χ0) is 19.1. The normalized spacial score (nSPS) is 16.2. The Balaban J connectivity index is 2.02. The summed E-state index contributed by atoms with van der Waals surface area (Å²) in [4.78, 5) is 12.6. The summed E-state index contributed by atoms with van der Waals surface area (Å²) >= 11 is 5.94. The average molecular weight is 381 g/mol. The molecule has 136 valence electrons. The van der Waals surface area contributed by atoms with Crippen molar-refractivity contribution in [2.45, 2.75) is 32.0 Å². The van der Waals surface area contributed by atoms with E-state index in [-0.39, 0.29) is 16.1 Å². The average Bonchev–Trinajstić information content (AvgIpc) is 2.85. The zero-order valence-electron chi connectivity index (χ0n) is 14.2. The van der Waals surface area contributed by atoms with E-state index in [1.54, 1.807) is 18.2 Å². The van der Waals surface area contributed by atoms with Crippen LogP contribution in [0.25, 0.3) is 6.08 Å². The monoisotopic (exact) mass is 380 g/mol. The molecule has 2 aromatic rings. The van der Waals surface area contributed by atoms with Crippen molar-refractivity contribution in [3.63, 3.8) is 0 Å². The number of carbonyl (C=O) groups is 1. The van der Waals surface area contributed by atoms with Crippen molar-refractivity contribution in [3.8, 4) is 5.75 Å². The molecule has 0 aromatic heterocycles. The highest BCUT2D eigenvalue weighted by Crippen LogP contribution is 2.37. The van der Waals surface area contributed by atoms with Gasteiger partial charge in [-0.15, -0.1) is 0 Å². The summed E-state index contributed by atoms with van der Waals surface area (Å²) in [5.41, 5.74) is -0.866. The molecule has 1 aliphatic rings. The molecule has 2 aromatic carbocycles. The van der Waals surface area contributed by atoms with Gasteiger partial charge in [0.2, 0.25) is 0 Å². The Morgan fingerprint density at radius 3 is 2.54 bits per heavy atom. The van der Waals surface area contributed by atoms with Crippen LogP contribution in [-0.2, 0) is 6.42 Å². The molecule has 0 N–H and O–H groups in total. The van der Waals surface area contributed by atoms with E-state index in [9.17, 15) is 18.0 Å². The van der Waals surface area contributed by atoms with Crippen LogP contribution in [0.2, 0.25) is 5.02 Å². The Morgan fingerprint density at radius 2 is 1.88 bits per heavy atom. The lowest BCUT2D eigenvalue weighted by atomic mass is 9.96. The van der Waals surface area contributed by atoms with Gasteiger partial charge in [-0.25, -0.2) is 0 Å². The molecule has 0 aliphatic carbocycles. The minimum atomic E-state index is -4.80. The highest BCUT2D eigenvalue weighted by Gasteiger charge is 2.39. The second-order valence-corrected chi connectivity index (χ2v) is 7.17. The summed E-state index contributed by atoms with van der Waals surface area (Å²) in [6.07, 6.45) is -3.48. The van der Waals surface area contributed by atoms with Crippen molar-refractivity contribution < 1.29 is 22.7 Å². The van der Waals surface area contributed by atoms with E-state index in [2.05, 4.69) is 0 Å². The molecule has 0 fully saturated rings. The molecule has 0 saturated heterocycles. The number of allylic oxidation sites excluding steroid dienone is 1. The summed E-state index contributed by atoms with van der Waals surface area (Å²) < 4.78 is 46.2. The number of rotatable bonds is 3. The SMILES string of the molecule is CC1(C)Cc2cc(C(=O)C(=Cc3ccccc3Cl)C(F)(F)F)ccc2O1. The minimum absolute atomic E-state index is 0.0271. The van der Waals surface area contributed by atoms with Crippen molar-refractivity contribution in [2.24, 2.45) is 0 Å². The first-order valence-electron chi connectivity index (χ1n) is 7.97.